The van der Waals surface area contributed by atoms with Gasteiger partial charge in [-0.2, -0.15) is 0 Å². The molecule has 0 amide bonds. The maximum Gasteiger partial charge on any atom is 0.202 e. The normalized spacial score (nSPS) is 17.1. The molecule has 2 aromatic rings. The van der Waals surface area contributed by atoms with Crippen molar-refractivity contribution in [1.29, 1.82) is 0 Å². The highest BCUT2D eigenvalue weighted by molar-refractivity contribution is 7.14. The Hall–Kier alpha value is -1.82. The lowest BCUT2D eigenvalue weighted by atomic mass is 9.91. The standard InChI is InChI=1S/C21H27ClN4S/c1-5-15-17(16-8-6-7-9-18(16)22)14-27-19(15)24-20(25(3)4)26-12-10-21(2,23)11-13-26/h5-9,14H,1,10-13,23H2,2-4H3/b24-20+. The van der Waals surface area contributed by atoms with Crippen molar-refractivity contribution in [2.24, 2.45) is 10.7 Å². The third-order valence-corrected chi connectivity index (χ3v) is 6.18. The first kappa shape index (κ1) is 19.9. The van der Waals surface area contributed by atoms with Gasteiger partial charge in [0.05, 0.1) is 0 Å². The summed E-state index contributed by atoms with van der Waals surface area (Å²) in [5.74, 6) is 0.959. The molecular weight excluding hydrogens is 376 g/mol. The molecule has 1 aromatic carbocycles. The van der Waals surface area contributed by atoms with Crippen molar-refractivity contribution in [1.82, 2.24) is 9.80 Å². The third-order valence-electron chi connectivity index (χ3n) is 4.97. The molecule has 2 N–H and O–H groups in total. The van der Waals surface area contributed by atoms with Crippen LogP contribution >= 0.6 is 22.9 Å². The topological polar surface area (TPSA) is 44.9 Å². The number of halogens is 1. The second-order valence-corrected chi connectivity index (χ2v) is 8.76. The fourth-order valence-electron chi connectivity index (χ4n) is 3.29. The van der Waals surface area contributed by atoms with Crippen LogP contribution in [-0.4, -0.2) is 48.5 Å². The van der Waals surface area contributed by atoms with E-state index < -0.39 is 0 Å². The maximum atomic E-state index is 6.41. The lowest BCUT2D eigenvalue weighted by molar-refractivity contribution is 0.229. The molecule has 4 nitrogen and oxygen atoms in total. The van der Waals surface area contributed by atoms with Crippen molar-refractivity contribution in [3.05, 3.63) is 46.8 Å². The van der Waals surface area contributed by atoms with Crippen LogP contribution in [0, 0.1) is 0 Å². The summed E-state index contributed by atoms with van der Waals surface area (Å²) >= 11 is 8.03. The summed E-state index contributed by atoms with van der Waals surface area (Å²) in [5.41, 5.74) is 9.31. The summed E-state index contributed by atoms with van der Waals surface area (Å²) in [5, 5.41) is 3.79. The average Bonchev–Trinajstić information content (AvgIpc) is 3.02. The smallest absolute Gasteiger partial charge is 0.202 e. The molecule has 0 atom stereocenters. The van der Waals surface area contributed by atoms with Crippen LogP contribution in [-0.2, 0) is 0 Å². The van der Waals surface area contributed by atoms with E-state index in [4.69, 9.17) is 22.3 Å². The molecule has 0 saturated carbocycles. The molecule has 1 aromatic heterocycles. The van der Waals surface area contributed by atoms with Crippen LogP contribution in [0.3, 0.4) is 0 Å². The zero-order chi connectivity index (χ0) is 19.6. The van der Waals surface area contributed by atoms with Gasteiger partial charge < -0.3 is 15.5 Å². The Labute approximate surface area is 171 Å². The highest BCUT2D eigenvalue weighted by atomic mass is 35.5. The first-order valence-electron chi connectivity index (χ1n) is 9.11. The monoisotopic (exact) mass is 402 g/mol. The van der Waals surface area contributed by atoms with Crippen LogP contribution in [0.5, 0.6) is 0 Å². The quantitative estimate of drug-likeness (QED) is 0.575. The zero-order valence-electron chi connectivity index (χ0n) is 16.2. The van der Waals surface area contributed by atoms with Crippen molar-refractivity contribution in [3.63, 3.8) is 0 Å². The number of nitrogens with zero attached hydrogens (tertiary/aromatic N) is 3. The third kappa shape index (κ3) is 4.37. The second kappa shape index (κ2) is 8.05. The van der Waals surface area contributed by atoms with Gasteiger partial charge in [0, 0.05) is 59.8 Å². The molecule has 6 heteroatoms. The highest BCUT2D eigenvalue weighted by Gasteiger charge is 2.28. The van der Waals surface area contributed by atoms with Gasteiger partial charge in [-0.15, -0.1) is 11.3 Å². The summed E-state index contributed by atoms with van der Waals surface area (Å²) in [6.07, 6.45) is 3.79. The summed E-state index contributed by atoms with van der Waals surface area (Å²) < 4.78 is 0. The lowest BCUT2D eigenvalue weighted by Gasteiger charge is -2.39. The molecule has 0 radical (unpaired) electrons. The van der Waals surface area contributed by atoms with Gasteiger partial charge in [0.25, 0.3) is 0 Å². The summed E-state index contributed by atoms with van der Waals surface area (Å²) in [7, 11) is 4.07. The summed E-state index contributed by atoms with van der Waals surface area (Å²) in [6, 6.07) is 7.88. The number of likely N-dealkylation sites (tertiary alicyclic amines) is 1. The van der Waals surface area contributed by atoms with Crippen LogP contribution < -0.4 is 5.73 Å². The molecule has 144 valence electrons. The lowest BCUT2D eigenvalue weighted by Crippen LogP contribution is -2.52. The molecule has 1 fully saturated rings. The van der Waals surface area contributed by atoms with Gasteiger partial charge in [-0.3, -0.25) is 0 Å². The van der Waals surface area contributed by atoms with Crippen molar-refractivity contribution in [2.75, 3.05) is 27.2 Å². The van der Waals surface area contributed by atoms with Crippen LogP contribution in [0.4, 0.5) is 5.00 Å². The van der Waals surface area contributed by atoms with Gasteiger partial charge in [-0.25, -0.2) is 4.99 Å². The molecular formula is C21H27ClN4S. The largest absolute Gasteiger partial charge is 0.349 e. The van der Waals surface area contributed by atoms with Gasteiger partial charge in [-0.05, 0) is 25.8 Å². The first-order valence-corrected chi connectivity index (χ1v) is 10.4. The number of nitrogens with two attached hydrogens (primary N) is 1. The van der Waals surface area contributed by atoms with Gasteiger partial charge in [0.2, 0.25) is 5.96 Å². The van der Waals surface area contributed by atoms with E-state index in [0.29, 0.717) is 0 Å². The molecule has 2 heterocycles. The second-order valence-electron chi connectivity index (χ2n) is 7.50. The number of hydrogen-bond donors (Lipinski definition) is 1. The minimum atomic E-state index is -0.0830. The number of aliphatic imine (C=N–C) groups is 1. The minimum absolute atomic E-state index is 0.0830. The van der Waals surface area contributed by atoms with E-state index in [9.17, 15) is 0 Å². The number of thiophene rings is 1. The number of hydrogen-bond acceptors (Lipinski definition) is 3. The number of rotatable bonds is 3. The van der Waals surface area contributed by atoms with E-state index in [1.54, 1.807) is 11.3 Å². The van der Waals surface area contributed by atoms with Gasteiger partial charge in [0.15, 0.2) is 0 Å². The Morgan fingerprint density at radius 3 is 2.56 bits per heavy atom. The average molecular weight is 403 g/mol. The van der Waals surface area contributed by atoms with Crippen LogP contribution in [0.2, 0.25) is 5.02 Å². The van der Waals surface area contributed by atoms with E-state index in [0.717, 1.165) is 58.6 Å². The van der Waals surface area contributed by atoms with E-state index in [2.05, 4.69) is 28.7 Å². The first-order chi connectivity index (χ1) is 12.8. The van der Waals surface area contributed by atoms with Crippen molar-refractivity contribution in [3.8, 4) is 11.1 Å². The van der Waals surface area contributed by atoms with Crippen molar-refractivity contribution >= 4 is 40.0 Å². The Kier molecular flexibility index (Phi) is 5.94. The van der Waals surface area contributed by atoms with Crippen molar-refractivity contribution in [2.45, 2.75) is 25.3 Å². The highest BCUT2D eigenvalue weighted by Crippen LogP contribution is 2.41. The van der Waals surface area contributed by atoms with E-state index >= 15 is 0 Å². The van der Waals surface area contributed by atoms with E-state index in [-0.39, 0.29) is 5.54 Å². The Balaban J connectivity index is 1.97. The van der Waals surface area contributed by atoms with E-state index in [1.165, 1.54) is 0 Å². The molecule has 0 unspecified atom stereocenters. The van der Waals surface area contributed by atoms with Crippen LogP contribution in [0.25, 0.3) is 17.2 Å². The molecule has 1 saturated heterocycles. The van der Waals surface area contributed by atoms with Crippen LogP contribution in [0.1, 0.15) is 25.3 Å². The predicted molar refractivity (Wildman–Crippen MR) is 119 cm³/mol. The molecule has 1 aliphatic rings. The molecule has 0 spiro atoms. The Bertz CT molecular complexity index is 844. The van der Waals surface area contributed by atoms with E-state index in [1.807, 2.05) is 44.4 Å². The number of piperidine rings is 1. The van der Waals surface area contributed by atoms with Gasteiger partial charge in [-0.1, -0.05) is 42.5 Å². The van der Waals surface area contributed by atoms with Gasteiger partial charge >= 0.3 is 0 Å². The van der Waals surface area contributed by atoms with Gasteiger partial charge in [0.1, 0.15) is 5.00 Å². The fraction of sp³-hybridized carbons (Fsp3) is 0.381. The van der Waals surface area contributed by atoms with Crippen molar-refractivity contribution < 1.29 is 0 Å². The summed E-state index contributed by atoms with van der Waals surface area (Å²) in [4.78, 5) is 9.39. The molecule has 0 bridgehead atoms. The summed E-state index contributed by atoms with van der Waals surface area (Å²) in [6.45, 7) is 7.97. The zero-order valence-corrected chi connectivity index (χ0v) is 17.8. The number of benzene rings is 1. The maximum absolute atomic E-state index is 6.41. The Morgan fingerprint density at radius 1 is 1.30 bits per heavy atom. The van der Waals surface area contributed by atoms with Crippen LogP contribution in [0.15, 0.2) is 41.2 Å². The fourth-order valence-corrected chi connectivity index (χ4v) is 4.47. The molecule has 1 aliphatic heterocycles. The SMILES string of the molecule is C=Cc1c(-c2ccccc2Cl)csc1/N=C(\N(C)C)N1CCC(C)(N)CC1. The number of guanidine groups is 1. The predicted octanol–water partition coefficient (Wildman–Crippen LogP) is 5.07. The Morgan fingerprint density at radius 2 is 1.96 bits per heavy atom. The minimum Gasteiger partial charge on any atom is -0.349 e. The molecule has 0 aliphatic carbocycles. The molecule has 27 heavy (non-hydrogen) atoms. The molecule has 3 rings (SSSR count).